The number of hydrogen-bond donors (Lipinski definition) is 0. The van der Waals surface area contributed by atoms with Gasteiger partial charge in [0.15, 0.2) is 0 Å². The van der Waals surface area contributed by atoms with Crippen molar-refractivity contribution < 1.29 is 23.4 Å². The van der Waals surface area contributed by atoms with Crippen LogP contribution in [0.2, 0.25) is 5.02 Å². The highest BCUT2D eigenvalue weighted by Crippen LogP contribution is 2.38. The topological polar surface area (TPSA) is 136 Å². The van der Waals surface area contributed by atoms with E-state index in [9.17, 15) is 9.59 Å². The molecule has 45 heavy (non-hydrogen) atoms. The van der Waals surface area contributed by atoms with Gasteiger partial charge >= 0.3 is 5.97 Å². The van der Waals surface area contributed by atoms with Crippen LogP contribution in [0, 0.1) is 0 Å². The van der Waals surface area contributed by atoms with Gasteiger partial charge in [0.25, 0.3) is 5.56 Å². The van der Waals surface area contributed by atoms with Gasteiger partial charge in [-0.25, -0.2) is 4.99 Å². The molecule has 0 aliphatic carbocycles. The molecule has 6 rings (SSSR count). The van der Waals surface area contributed by atoms with Gasteiger partial charge in [0, 0.05) is 58.9 Å². The van der Waals surface area contributed by atoms with Crippen molar-refractivity contribution in [1.29, 1.82) is 0 Å². The minimum atomic E-state index is -0.601. The Hall–Kier alpha value is -4.59. The Bertz CT molecular complexity index is 1820. The smallest absolute Gasteiger partial charge is 0.311 e. The Morgan fingerprint density at radius 1 is 1.09 bits per heavy atom. The molecule has 0 spiro atoms. The van der Waals surface area contributed by atoms with E-state index in [-0.39, 0.29) is 37.7 Å². The van der Waals surface area contributed by atoms with Crippen LogP contribution in [0.25, 0.3) is 22.4 Å². The second-order valence-electron chi connectivity index (χ2n) is 10.5. The highest BCUT2D eigenvalue weighted by molar-refractivity contribution is 6.31. The average molecular weight is 634 g/mol. The maximum absolute atomic E-state index is 15.2. The zero-order valence-corrected chi connectivity index (χ0v) is 25.1. The molecule has 2 aliphatic heterocycles. The number of ether oxygens (including phenoxy) is 3. The van der Waals surface area contributed by atoms with E-state index in [1.807, 2.05) is 6.07 Å². The van der Waals surface area contributed by atoms with Gasteiger partial charge in [-0.2, -0.15) is 9.07 Å². The molecule has 232 valence electrons. The first-order chi connectivity index (χ1) is 21.9. The van der Waals surface area contributed by atoms with E-state index >= 15 is 4.39 Å². The largest absolute Gasteiger partial charge is 0.463 e. The molecular weight excluding hydrogens is 605 g/mol. The summed E-state index contributed by atoms with van der Waals surface area (Å²) in [5.41, 5.74) is 4.71. The fraction of sp³-hybridized carbons (Fsp3) is 0.323. The van der Waals surface area contributed by atoms with Crippen LogP contribution in [0.5, 0.6) is 0 Å². The standard InChI is InChI=1S/C31H29ClFN7O5/c1-43-8-9-44-10-11-45-30(42)15-22-4-2-19(17-34-22)25-16-26(36-31(25)33)28-7-5-23-12-20(13-29(41)40(23)28)24-14-21(32)3-6-27(24)39-18-35-37-38-39/h2-4,6,12-14,17-18,28H,5,7-11,15-16H2,1H3/t28-/m0/s1. The third-order valence-corrected chi connectivity index (χ3v) is 7.89. The molecule has 0 amide bonds. The lowest BCUT2D eigenvalue weighted by molar-refractivity contribution is -0.144. The average Bonchev–Trinajstić information content (AvgIpc) is 3.80. The van der Waals surface area contributed by atoms with Crippen LogP contribution in [0.15, 0.2) is 70.7 Å². The molecule has 1 aromatic carbocycles. The van der Waals surface area contributed by atoms with Crippen LogP contribution >= 0.6 is 11.6 Å². The number of allylic oxidation sites excluding steroid dienone is 1. The summed E-state index contributed by atoms with van der Waals surface area (Å²) < 4.78 is 33.7. The van der Waals surface area contributed by atoms with Crippen LogP contribution in [0.1, 0.15) is 35.8 Å². The van der Waals surface area contributed by atoms with E-state index < -0.39 is 11.9 Å². The number of tetrazole rings is 1. The normalized spacial score (nSPS) is 15.8. The maximum Gasteiger partial charge on any atom is 0.311 e. The zero-order chi connectivity index (χ0) is 31.3. The second-order valence-corrected chi connectivity index (χ2v) is 10.9. The Morgan fingerprint density at radius 2 is 1.96 bits per heavy atom. The maximum atomic E-state index is 15.2. The number of fused-ring (bicyclic) bond motifs is 1. The predicted molar refractivity (Wildman–Crippen MR) is 163 cm³/mol. The van der Waals surface area contributed by atoms with Crippen molar-refractivity contribution in [2.24, 2.45) is 4.99 Å². The van der Waals surface area contributed by atoms with Gasteiger partial charge in [-0.1, -0.05) is 17.7 Å². The molecular formula is C31H29ClFN7O5. The summed E-state index contributed by atoms with van der Waals surface area (Å²) in [6.45, 7) is 1.31. The van der Waals surface area contributed by atoms with Gasteiger partial charge in [0.05, 0.1) is 43.7 Å². The molecule has 0 saturated heterocycles. The molecule has 0 N–H and O–H groups in total. The molecule has 4 aromatic rings. The summed E-state index contributed by atoms with van der Waals surface area (Å²) in [5, 5.41) is 11.9. The molecule has 14 heteroatoms. The van der Waals surface area contributed by atoms with Crippen LogP contribution < -0.4 is 5.56 Å². The summed E-state index contributed by atoms with van der Waals surface area (Å²) in [6.07, 6.45) is 4.46. The van der Waals surface area contributed by atoms with E-state index in [1.165, 1.54) is 17.2 Å². The number of aromatic nitrogens is 6. The number of pyridine rings is 2. The third kappa shape index (κ3) is 6.75. The van der Waals surface area contributed by atoms with Gasteiger partial charge in [-0.05, 0) is 59.2 Å². The fourth-order valence-electron chi connectivity index (χ4n) is 5.54. The van der Waals surface area contributed by atoms with E-state index in [1.54, 1.807) is 48.1 Å². The number of benzene rings is 1. The van der Waals surface area contributed by atoms with Gasteiger partial charge in [0.1, 0.15) is 12.9 Å². The molecule has 0 saturated carbocycles. The number of carbonyl (C=O) groups is 1. The number of carbonyl (C=O) groups excluding carboxylic acids is 1. The lowest BCUT2D eigenvalue weighted by Gasteiger charge is -2.17. The predicted octanol–water partition coefficient (Wildman–Crippen LogP) is 3.96. The van der Waals surface area contributed by atoms with Crippen LogP contribution in [-0.4, -0.2) is 75.0 Å². The minimum Gasteiger partial charge on any atom is -0.463 e. The first-order valence-corrected chi connectivity index (χ1v) is 14.7. The molecule has 5 heterocycles. The number of aliphatic imine (C=N–C) groups is 1. The number of nitrogens with zero attached hydrogens (tertiary/aromatic N) is 7. The SMILES string of the molecule is COCCOCCOC(=O)Cc1ccc(C2=C(F)N=C([C@@H]3CCc4cc(-c5cc(Cl)ccc5-n5cnnn5)cc(=O)n43)C2)cn1. The van der Waals surface area contributed by atoms with Crippen molar-refractivity contribution in [3.63, 3.8) is 0 Å². The number of aryl methyl sites for hydroxylation is 1. The highest BCUT2D eigenvalue weighted by Gasteiger charge is 2.32. The first-order valence-electron chi connectivity index (χ1n) is 14.3. The van der Waals surface area contributed by atoms with Crippen LogP contribution in [0.4, 0.5) is 4.39 Å². The zero-order valence-electron chi connectivity index (χ0n) is 24.4. The van der Waals surface area contributed by atoms with Gasteiger partial charge in [0.2, 0.25) is 5.95 Å². The van der Waals surface area contributed by atoms with Crippen LogP contribution in [0.3, 0.4) is 0 Å². The Balaban J connectivity index is 1.12. The molecule has 0 radical (unpaired) electrons. The summed E-state index contributed by atoms with van der Waals surface area (Å²) in [4.78, 5) is 34.2. The number of rotatable bonds is 12. The summed E-state index contributed by atoms with van der Waals surface area (Å²) in [6, 6.07) is 11.8. The lowest BCUT2D eigenvalue weighted by Crippen LogP contribution is -2.27. The summed E-state index contributed by atoms with van der Waals surface area (Å²) in [7, 11) is 1.58. The van der Waals surface area contributed by atoms with Crippen molar-refractivity contribution in [3.05, 3.63) is 93.3 Å². The van der Waals surface area contributed by atoms with Crippen molar-refractivity contribution in [1.82, 2.24) is 29.8 Å². The first kappa shape index (κ1) is 30.4. The monoisotopic (exact) mass is 633 g/mol. The van der Waals surface area contributed by atoms with Crippen molar-refractivity contribution in [3.8, 4) is 16.8 Å². The van der Waals surface area contributed by atoms with E-state index in [4.69, 9.17) is 25.8 Å². The summed E-state index contributed by atoms with van der Waals surface area (Å²) >= 11 is 6.31. The number of methoxy groups -OCH3 is 1. The van der Waals surface area contributed by atoms with Crippen molar-refractivity contribution in [2.75, 3.05) is 33.5 Å². The number of halogens is 2. The molecule has 3 aromatic heterocycles. The van der Waals surface area contributed by atoms with Gasteiger partial charge < -0.3 is 18.8 Å². The number of hydrogen-bond acceptors (Lipinski definition) is 10. The number of esters is 1. The highest BCUT2D eigenvalue weighted by atomic mass is 35.5. The molecule has 0 bridgehead atoms. The fourth-order valence-corrected chi connectivity index (χ4v) is 5.71. The molecule has 0 unspecified atom stereocenters. The van der Waals surface area contributed by atoms with E-state index in [0.29, 0.717) is 70.4 Å². The molecule has 1 atom stereocenters. The third-order valence-electron chi connectivity index (χ3n) is 7.65. The van der Waals surface area contributed by atoms with Gasteiger partial charge in [-0.3, -0.25) is 14.6 Å². The Morgan fingerprint density at radius 3 is 2.73 bits per heavy atom. The van der Waals surface area contributed by atoms with Crippen molar-refractivity contribution >= 4 is 28.9 Å². The van der Waals surface area contributed by atoms with Crippen LogP contribution in [-0.2, 0) is 31.8 Å². The van der Waals surface area contributed by atoms with Gasteiger partial charge in [-0.15, -0.1) is 5.10 Å². The lowest BCUT2D eigenvalue weighted by atomic mass is 9.99. The molecule has 12 nitrogen and oxygen atoms in total. The minimum absolute atomic E-state index is 0.0161. The van der Waals surface area contributed by atoms with Crippen molar-refractivity contribution in [2.45, 2.75) is 31.7 Å². The summed E-state index contributed by atoms with van der Waals surface area (Å²) in [5.74, 6) is -1.03. The molecule has 0 fully saturated rings. The Kier molecular flexibility index (Phi) is 9.19. The quantitative estimate of drug-likeness (QED) is 0.129. The molecule has 2 aliphatic rings. The van der Waals surface area contributed by atoms with E-state index in [0.717, 1.165) is 5.69 Å². The van der Waals surface area contributed by atoms with E-state index in [2.05, 4.69) is 25.5 Å². The second kappa shape index (κ2) is 13.6. The Labute approximate surface area is 262 Å².